The van der Waals surface area contributed by atoms with Crippen molar-refractivity contribution in [2.75, 3.05) is 26.4 Å². The molecule has 15 heteroatoms. The Morgan fingerprint density at radius 2 is 0.565 bits per heavy atom. The molecule has 0 atom stereocenters. The Morgan fingerprint density at radius 3 is 0.797 bits per heavy atom. The van der Waals surface area contributed by atoms with E-state index in [9.17, 15) is 0 Å². The molecule has 0 aromatic carbocycles. The highest BCUT2D eigenvalue weighted by molar-refractivity contribution is 7.45. The molecule has 0 saturated heterocycles. The molecule has 0 aromatic heterocycles. The van der Waals surface area contributed by atoms with Gasteiger partial charge in [-0.15, -0.1) is 0 Å². The van der Waals surface area contributed by atoms with Crippen molar-refractivity contribution < 1.29 is 68.4 Å². The van der Waals surface area contributed by atoms with E-state index in [0.29, 0.717) is 13.2 Å². The van der Waals surface area contributed by atoms with Crippen molar-refractivity contribution in [1.29, 1.82) is 0 Å². The largest absolute Gasteiger partial charge is 0.499 e. The summed E-state index contributed by atoms with van der Waals surface area (Å²) < 4.78 is 19.0. The van der Waals surface area contributed by atoms with Crippen molar-refractivity contribution >= 4 is 7.82 Å². The number of unbranched alkanes of at least 4 members (excludes halogenated alkanes) is 36. The minimum atomic E-state index is -4.64. The third kappa shape index (κ3) is 86.2. The quantitative estimate of drug-likeness (QED) is 0.0173. The fourth-order valence-electron chi connectivity index (χ4n) is 7.22. The summed E-state index contributed by atoms with van der Waals surface area (Å²) in [6.07, 6.45) is 65.9. The molecule has 0 aliphatic carbocycles. The molecule has 14 nitrogen and oxygen atoms in total. The van der Waals surface area contributed by atoms with E-state index in [1.54, 1.807) is 24.7 Å². The third-order valence-corrected chi connectivity index (χ3v) is 11.0. The molecular formula is C54H107O14P. The smallest absolute Gasteiger partial charge is 0.466 e. The van der Waals surface area contributed by atoms with Gasteiger partial charge in [0, 0.05) is 10.1 Å². The van der Waals surface area contributed by atoms with E-state index in [2.05, 4.69) is 43.8 Å². The van der Waals surface area contributed by atoms with Gasteiger partial charge in [0.25, 0.3) is 0 Å². The van der Waals surface area contributed by atoms with Crippen LogP contribution in [0, 0.1) is 0 Å². The predicted octanol–water partition coefficient (Wildman–Crippen LogP) is 17.7. The standard InChI is InChI=1S/2C27H52O5.H3O4P/c2*1-3-5-6-7-8-9-10-11-12-13-14-15-16-17-18-19-20-21-22-23-25-29-31-32-30-27-26-28-24-4-2;1-5(2,3)4/h2*4,23-25H,3,5-22,26-27H2,1-2H3;(H3,1,2,3,4). The van der Waals surface area contributed by atoms with Gasteiger partial charge in [0.05, 0.1) is 12.5 Å². The highest BCUT2D eigenvalue weighted by Gasteiger charge is 2.01. The molecule has 69 heavy (non-hydrogen) atoms. The monoisotopic (exact) mass is 1010 g/mol. The first kappa shape index (κ1) is 71.3. The zero-order valence-corrected chi connectivity index (χ0v) is 45.5. The van der Waals surface area contributed by atoms with Gasteiger partial charge in [-0.1, -0.05) is 244 Å². The van der Waals surface area contributed by atoms with Crippen LogP contribution in [0.4, 0.5) is 0 Å². The second-order valence-corrected chi connectivity index (χ2v) is 18.7. The highest BCUT2D eigenvalue weighted by Crippen LogP contribution is 2.26. The van der Waals surface area contributed by atoms with Gasteiger partial charge in [-0.2, -0.15) is 9.78 Å². The second-order valence-electron chi connectivity index (χ2n) is 17.6. The molecule has 0 rings (SSSR count). The molecular weight excluding hydrogens is 904 g/mol. The number of hydrogen-bond donors (Lipinski definition) is 3. The molecule has 0 aliphatic rings. The zero-order valence-electron chi connectivity index (χ0n) is 44.6. The van der Waals surface area contributed by atoms with Crippen LogP contribution >= 0.6 is 7.82 Å². The lowest BCUT2D eigenvalue weighted by molar-refractivity contribution is -0.621. The summed E-state index contributed by atoms with van der Waals surface area (Å²) in [6.45, 7) is 9.63. The van der Waals surface area contributed by atoms with Crippen molar-refractivity contribution in [3.8, 4) is 0 Å². The summed E-state index contributed by atoms with van der Waals surface area (Å²) in [7, 11) is -4.64. The number of allylic oxidation sites excluding steroid dienone is 4. The van der Waals surface area contributed by atoms with Crippen molar-refractivity contribution in [3.63, 3.8) is 0 Å². The van der Waals surface area contributed by atoms with Gasteiger partial charge in [-0.25, -0.2) is 4.57 Å². The van der Waals surface area contributed by atoms with Crippen molar-refractivity contribution in [2.45, 2.75) is 272 Å². The minimum Gasteiger partial charge on any atom is -0.499 e. The molecule has 0 saturated carbocycles. The Labute approximate surface area is 422 Å². The number of hydrogen-bond acceptors (Lipinski definition) is 11. The fourth-order valence-corrected chi connectivity index (χ4v) is 7.22. The van der Waals surface area contributed by atoms with E-state index in [0.717, 1.165) is 12.8 Å². The summed E-state index contributed by atoms with van der Waals surface area (Å²) in [5.41, 5.74) is 0. The van der Waals surface area contributed by atoms with Gasteiger partial charge in [-0.3, -0.25) is 0 Å². The molecule has 0 heterocycles. The molecule has 0 amide bonds. The van der Waals surface area contributed by atoms with Crippen LogP contribution in [-0.4, -0.2) is 41.1 Å². The van der Waals surface area contributed by atoms with Crippen molar-refractivity contribution in [1.82, 2.24) is 0 Å². The van der Waals surface area contributed by atoms with Gasteiger partial charge in [0.1, 0.15) is 39.0 Å². The number of phosphoric acid groups is 1. The summed E-state index contributed by atoms with van der Waals surface area (Å²) in [5.74, 6) is 0. The van der Waals surface area contributed by atoms with Crippen LogP contribution in [0.25, 0.3) is 0 Å². The lowest BCUT2D eigenvalue weighted by Crippen LogP contribution is -2.02. The van der Waals surface area contributed by atoms with Gasteiger partial charge in [-0.05, 0) is 61.8 Å². The van der Waals surface area contributed by atoms with Gasteiger partial charge in [0.15, 0.2) is 0 Å². The molecule has 3 N–H and O–H groups in total. The van der Waals surface area contributed by atoms with E-state index in [-0.39, 0.29) is 13.2 Å². The van der Waals surface area contributed by atoms with E-state index >= 15 is 0 Å². The highest BCUT2D eigenvalue weighted by atomic mass is 31.2. The maximum absolute atomic E-state index is 8.88. The van der Waals surface area contributed by atoms with Gasteiger partial charge in [0.2, 0.25) is 0 Å². The molecule has 0 radical (unpaired) electrons. The predicted molar refractivity (Wildman–Crippen MR) is 279 cm³/mol. The lowest BCUT2D eigenvalue weighted by atomic mass is 10.0. The molecule has 0 aromatic rings. The van der Waals surface area contributed by atoms with E-state index in [1.807, 2.05) is 26.0 Å². The lowest BCUT2D eigenvalue weighted by Gasteiger charge is -2.03. The third-order valence-electron chi connectivity index (χ3n) is 11.0. The zero-order chi connectivity index (χ0) is 50.9. The average Bonchev–Trinajstić information content (AvgIpc) is 3.33. The maximum atomic E-state index is 8.88. The summed E-state index contributed by atoms with van der Waals surface area (Å²) in [6, 6.07) is 0. The van der Waals surface area contributed by atoms with Crippen LogP contribution in [0.3, 0.4) is 0 Å². The van der Waals surface area contributed by atoms with Crippen LogP contribution in [-0.2, 0) is 53.7 Å². The van der Waals surface area contributed by atoms with Gasteiger partial charge >= 0.3 is 7.82 Å². The Kier molecular flexibility index (Phi) is 70.4. The number of ether oxygens (including phenoxy) is 2. The topological polar surface area (TPSA) is 170 Å². The Bertz CT molecular complexity index is 992. The summed E-state index contributed by atoms with van der Waals surface area (Å²) in [4.78, 5) is 40.4. The number of rotatable bonds is 54. The first-order valence-electron chi connectivity index (χ1n) is 27.6. The van der Waals surface area contributed by atoms with Crippen LogP contribution in [0.5, 0.6) is 0 Å². The Hall–Kier alpha value is -1.97. The molecule has 0 bridgehead atoms. The summed E-state index contributed by atoms with van der Waals surface area (Å²) >= 11 is 0. The molecule has 0 aliphatic heterocycles. The normalized spacial score (nSPS) is 11.7. The van der Waals surface area contributed by atoms with Crippen molar-refractivity contribution in [3.05, 3.63) is 49.4 Å². The Morgan fingerprint density at radius 1 is 0.333 bits per heavy atom. The molecule has 0 fully saturated rings. The average molecular weight is 1010 g/mol. The van der Waals surface area contributed by atoms with Crippen LogP contribution in [0.1, 0.15) is 272 Å². The second kappa shape index (κ2) is 68.1. The maximum Gasteiger partial charge on any atom is 0.466 e. The Balaban J connectivity index is -0.00000115. The first-order chi connectivity index (χ1) is 33.8. The van der Waals surface area contributed by atoms with E-state index in [4.69, 9.17) is 38.5 Å². The first-order valence-corrected chi connectivity index (χ1v) is 29.2. The van der Waals surface area contributed by atoms with Crippen molar-refractivity contribution in [2.24, 2.45) is 0 Å². The molecule has 0 unspecified atom stereocenters. The molecule has 0 spiro atoms. The minimum absolute atomic E-state index is 0.261. The van der Waals surface area contributed by atoms with Crippen LogP contribution in [0.15, 0.2) is 49.4 Å². The molecule has 412 valence electrons. The van der Waals surface area contributed by atoms with E-state index in [1.165, 1.54) is 244 Å². The van der Waals surface area contributed by atoms with Crippen LogP contribution in [0.2, 0.25) is 0 Å². The van der Waals surface area contributed by atoms with Gasteiger partial charge < -0.3 is 33.9 Å². The SMILES string of the molecule is CC=COCCOOOOC=CCCCCCCCCCCCCCCCCCCCC.CC=COCCOOOOC=CCCCCCCCCCCCCCCCCCCCC.O=P(O)(O)O. The fraction of sp³-hybridized carbons (Fsp3) is 0.852. The van der Waals surface area contributed by atoms with E-state index < -0.39 is 7.82 Å². The summed E-state index contributed by atoms with van der Waals surface area (Å²) in [5, 5.41) is 17.6. The van der Waals surface area contributed by atoms with Crippen LogP contribution < -0.4 is 0 Å².